The van der Waals surface area contributed by atoms with E-state index in [-0.39, 0.29) is 0 Å². The summed E-state index contributed by atoms with van der Waals surface area (Å²) < 4.78 is 34.6. The topological polar surface area (TPSA) is 53.1 Å². The Morgan fingerprint density at radius 3 is 2.15 bits per heavy atom. The number of ether oxygens (including phenoxy) is 1. The molecule has 1 fully saturated rings. The minimum absolute atomic E-state index is 0.469. The van der Waals surface area contributed by atoms with Crippen molar-refractivity contribution in [3.05, 3.63) is 59.7 Å². The van der Waals surface area contributed by atoms with Crippen molar-refractivity contribution in [1.82, 2.24) is 8.61 Å². The molecule has 0 aromatic heterocycles. The van der Waals surface area contributed by atoms with Crippen LogP contribution >= 0.6 is 0 Å². The lowest BCUT2D eigenvalue weighted by Crippen LogP contribution is -2.53. The standard InChI is InChI=1S/C20H25N3O3S/c1-26-20-8-6-19(7-9-20)21-12-14-22(15-13-21)27(24,25)23-11-10-17-4-2-3-5-18(17)16-23/h2-9H,10-16H2,1H3. The van der Waals surface area contributed by atoms with Crippen LogP contribution in [0.15, 0.2) is 48.5 Å². The number of nitrogens with zero attached hydrogens (tertiary/aromatic N) is 3. The van der Waals surface area contributed by atoms with Crippen molar-refractivity contribution in [2.45, 2.75) is 13.0 Å². The average molecular weight is 388 g/mol. The Hall–Kier alpha value is -2.09. The van der Waals surface area contributed by atoms with Gasteiger partial charge in [0.1, 0.15) is 5.75 Å². The molecule has 2 aliphatic rings. The average Bonchev–Trinajstić information content (AvgIpc) is 2.73. The largest absolute Gasteiger partial charge is 0.497 e. The number of piperazine rings is 1. The highest BCUT2D eigenvalue weighted by molar-refractivity contribution is 7.86. The van der Waals surface area contributed by atoms with Crippen LogP contribution in [-0.4, -0.2) is 56.9 Å². The number of rotatable bonds is 4. The molecule has 7 heteroatoms. The number of fused-ring (bicyclic) bond motifs is 1. The molecule has 0 amide bonds. The van der Waals surface area contributed by atoms with Gasteiger partial charge in [-0.2, -0.15) is 17.0 Å². The molecule has 0 atom stereocenters. The molecule has 4 rings (SSSR count). The van der Waals surface area contributed by atoms with E-state index in [0.717, 1.165) is 23.4 Å². The van der Waals surface area contributed by atoms with Crippen molar-refractivity contribution in [2.75, 3.05) is 44.7 Å². The summed E-state index contributed by atoms with van der Waals surface area (Å²) in [5, 5.41) is 0. The Labute approximate surface area is 161 Å². The van der Waals surface area contributed by atoms with Crippen LogP contribution in [0.3, 0.4) is 0 Å². The van der Waals surface area contributed by atoms with Crippen LogP contribution in [0, 0.1) is 0 Å². The third-order valence-electron chi connectivity index (χ3n) is 5.42. The minimum Gasteiger partial charge on any atom is -0.497 e. The van der Waals surface area contributed by atoms with Gasteiger partial charge >= 0.3 is 0 Å². The van der Waals surface area contributed by atoms with Gasteiger partial charge in [0.2, 0.25) is 0 Å². The van der Waals surface area contributed by atoms with Gasteiger partial charge in [-0.3, -0.25) is 0 Å². The molecular formula is C20H25N3O3S. The molecule has 0 spiro atoms. The molecular weight excluding hydrogens is 362 g/mol. The van der Waals surface area contributed by atoms with Crippen LogP contribution in [0.1, 0.15) is 11.1 Å². The predicted octanol–water partition coefficient (Wildman–Crippen LogP) is 2.12. The second-order valence-corrected chi connectivity index (χ2v) is 8.87. The summed E-state index contributed by atoms with van der Waals surface area (Å²) in [4.78, 5) is 2.22. The first kappa shape index (κ1) is 18.3. The van der Waals surface area contributed by atoms with Crippen molar-refractivity contribution in [3.8, 4) is 5.75 Å². The Bertz CT molecular complexity index is 891. The summed E-state index contributed by atoms with van der Waals surface area (Å²) >= 11 is 0. The molecule has 0 bridgehead atoms. The number of hydrogen-bond acceptors (Lipinski definition) is 4. The van der Waals surface area contributed by atoms with E-state index in [0.29, 0.717) is 39.3 Å². The lowest BCUT2D eigenvalue weighted by atomic mass is 10.0. The van der Waals surface area contributed by atoms with Gasteiger partial charge < -0.3 is 9.64 Å². The summed E-state index contributed by atoms with van der Waals surface area (Å²) in [6, 6.07) is 16.0. The molecule has 0 aliphatic carbocycles. The first-order valence-electron chi connectivity index (χ1n) is 9.29. The Kier molecular flexibility index (Phi) is 5.08. The van der Waals surface area contributed by atoms with Crippen LogP contribution in [0.4, 0.5) is 5.69 Å². The zero-order valence-electron chi connectivity index (χ0n) is 15.5. The van der Waals surface area contributed by atoms with Gasteiger partial charge in [0.15, 0.2) is 0 Å². The highest BCUT2D eigenvalue weighted by Gasteiger charge is 2.34. The van der Waals surface area contributed by atoms with Crippen molar-refractivity contribution in [2.24, 2.45) is 0 Å². The van der Waals surface area contributed by atoms with E-state index >= 15 is 0 Å². The molecule has 1 saturated heterocycles. The third kappa shape index (κ3) is 3.67. The Morgan fingerprint density at radius 2 is 1.48 bits per heavy atom. The molecule has 0 radical (unpaired) electrons. The van der Waals surface area contributed by atoms with Crippen LogP contribution in [0.5, 0.6) is 5.75 Å². The van der Waals surface area contributed by atoms with E-state index in [1.54, 1.807) is 15.7 Å². The highest BCUT2D eigenvalue weighted by atomic mass is 32.2. The maximum atomic E-state index is 13.1. The zero-order valence-corrected chi connectivity index (χ0v) is 16.4. The van der Waals surface area contributed by atoms with E-state index in [4.69, 9.17) is 4.74 Å². The van der Waals surface area contributed by atoms with Gasteiger partial charge in [-0.05, 0) is 41.8 Å². The van der Waals surface area contributed by atoms with Gasteiger partial charge in [-0.25, -0.2) is 0 Å². The highest BCUT2D eigenvalue weighted by Crippen LogP contribution is 2.25. The summed E-state index contributed by atoms with van der Waals surface area (Å²) in [6.45, 7) is 3.42. The second kappa shape index (κ2) is 7.50. The van der Waals surface area contributed by atoms with Crippen molar-refractivity contribution < 1.29 is 13.2 Å². The maximum absolute atomic E-state index is 13.1. The first-order valence-corrected chi connectivity index (χ1v) is 10.7. The molecule has 2 aromatic rings. The molecule has 27 heavy (non-hydrogen) atoms. The van der Waals surface area contributed by atoms with Crippen LogP contribution < -0.4 is 9.64 Å². The van der Waals surface area contributed by atoms with E-state index in [2.05, 4.69) is 11.0 Å². The maximum Gasteiger partial charge on any atom is 0.282 e. The van der Waals surface area contributed by atoms with Crippen molar-refractivity contribution in [3.63, 3.8) is 0 Å². The van der Waals surface area contributed by atoms with Gasteiger partial charge in [0.25, 0.3) is 10.2 Å². The molecule has 6 nitrogen and oxygen atoms in total. The van der Waals surface area contributed by atoms with E-state index < -0.39 is 10.2 Å². The van der Waals surface area contributed by atoms with Crippen molar-refractivity contribution in [1.29, 1.82) is 0 Å². The molecule has 0 saturated carbocycles. The van der Waals surface area contributed by atoms with E-state index in [1.807, 2.05) is 42.5 Å². The molecule has 0 N–H and O–H groups in total. The lowest BCUT2D eigenvalue weighted by Gasteiger charge is -2.38. The smallest absolute Gasteiger partial charge is 0.282 e. The Balaban J connectivity index is 1.41. The van der Waals surface area contributed by atoms with Gasteiger partial charge in [-0.15, -0.1) is 0 Å². The van der Waals surface area contributed by atoms with E-state index in [9.17, 15) is 8.42 Å². The quantitative estimate of drug-likeness (QED) is 0.806. The van der Waals surface area contributed by atoms with Crippen LogP contribution in [-0.2, 0) is 23.2 Å². The molecule has 0 unspecified atom stereocenters. The summed E-state index contributed by atoms with van der Waals surface area (Å²) in [5.74, 6) is 0.824. The van der Waals surface area contributed by atoms with E-state index in [1.165, 1.54) is 5.56 Å². The fourth-order valence-corrected chi connectivity index (χ4v) is 5.38. The fraction of sp³-hybridized carbons (Fsp3) is 0.400. The summed E-state index contributed by atoms with van der Waals surface area (Å²) in [7, 11) is -1.77. The van der Waals surface area contributed by atoms with Crippen molar-refractivity contribution >= 4 is 15.9 Å². The number of anilines is 1. The van der Waals surface area contributed by atoms with Gasteiger partial charge in [0.05, 0.1) is 7.11 Å². The number of hydrogen-bond donors (Lipinski definition) is 0. The van der Waals surface area contributed by atoms with Crippen LogP contribution in [0.25, 0.3) is 0 Å². The third-order valence-corrected chi connectivity index (χ3v) is 7.41. The summed E-state index contributed by atoms with van der Waals surface area (Å²) in [5.41, 5.74) is 3.47. The molecule has 2 aliphatic heterocycles. The lowest BCUT2D eigenvalue weighted by molar-refractivity contribution is 0.314. The molecule has 2 heterocycles. The Morgan fingerprint density at radius 1 is 0.815 bits per heavy atom. The monoisotopic (exact) mass is 387 g/mol. The number of benzene rings is 2. The zero-order chi connectivity index (χ0) is 18.9. The summed E-state index contributed by atoms with van der Waals surface area (Å²) in [6.07, 6.45) is 0.779. The van der Waals surface area contributed by atoms with Crippen LogP contribution in [0.2, 0.25) is 0 Å². The SMILES string of the molecule is COc1ccc(N2CCN(S(=O)(=O)N3CCc4ccccc4C3)CC2)cc1. The second-order valence-electron chi connectivity index (χ2n) is 6.94. The molecule has 2 aromatic carbocycles. The predicted molar refractivity (Wildman–Crippen MR) is 106 cm³/mol. The molecule has 144 valence electrons. The van der Waals surface area contributed by atoms with Gasteiger partial charge in [-0.1, -0.05) is 24.3 Å². The number of methoxy groups -OCH3 is 1. The minimum atomic E-state index is -3.42. The first-order chi connectivity index (χ1) is 13.1. The normalized spacial score (nSPS) is 18.9. The van der Waals surface area contributed by atoms with Gasteiger partial charge in [0, 0.05) is 45.0 Å². The fourth-order valence-electron chi connectivity index (χ4n) is 3.80.